The number of nitrogens with zero attached hydrogens (tertiary/aromatic N) is 3. The maximum absolute atomic E-state index is 12.6. The molecule has 0 bridgehead atoms. The minimum Gasteiger partial charge on any atom is -0.312 e. The quantitative estimate of drug-likeness (QED) is 0.561. The lowest BCUT2D eigenvalue weighted by atomic mass is 9.97. The molecule has 0 saturated heterocycles. The van der Waals surface area contributed by atoms with E-state index in [1.807, 2.05) is 53.1 Å². The molecule has 2 amide bonds. The molecule has 4 rings (SSSR count). The summed E-state index contributed by atoms with van der Waals surface area (Å²) in [6.07, 6.45) is 2.31. The van der Waals surface area contributed by atoms with Crippen molar-refractivity contribution >= 4 is 45.3 Å². The maximum Gasteiger partial charge on any atom is 0.232 e. The Morgan fingerprint density at radius 2 is 2.07 bits per heavy atom. The number of thiazole rings is 1. The third kappa shape index (κ3) is 4.18. The molecule has 7 heteroatoms. The van der Waals surface area contributed by atoms with E-state index < -0.39 is 0 Å². The van der Waals surface area contributed by atoms with Gasteiger partial charge in [-0.2, -0.15) is 11.3 Å². The van der Waals surface area contributed by atoms with Crippen LogP contribution in [0.3, 0.4) is 0 Å². The van der Waals surface area contributed by atoms with Gasteiger partial charge in [-0.05, 0) is 52.9 Å². The van der Waals surface area contributed by atoms with Crippen LogP contribution in [0.5, 0.6) is 0 Å². The van der Waals surface area contributed by atoms with Crippen molar-refractivity contribution in [2.75, 3.05) is 23.4 Å². The van der Waals surface area contributed by atoms with Gasteiger partial charge in [-0.1, -0.05) is 19.9 Å². The maximum atomic E-state index is 12.6. The third-order valence-corrected chi connectivity index (χ3v) is 6.99. The fourth-order valence-electron chi connectivity index (χ4n) is 3.64. The van der Waals surface area contributed by atoms with E-state index in [9.17, 15) is 9.59 Å². The highest BCUT2D eigenvalue weighted by Crippen LogP contribution is 2.34. The lowest BCUT2D eigenvalue weighted by molar-refractivity contribution is -0.121. The van der Waals surface area contributed by atoms with Crippen molar-refractivity contribution in [1.82, 2.24) is 4.98 Å². The Balaban J connectivity index is 1.54. The average Bonchev–Trinajstić information content (AvgIpc) is 3.44. The van der Waals surface area contributed by atoms with Crippen LogP contribution in [-0.2, 0) is 22.4 Å². The smallest absolute Gasteiger partial charge is 0.232 e. The number of hydrogen-bond acceptors (Lipinski definition) is 5. The number of rotatable bonds is 5. The zero-order valence-corrected chi connectivity index (χ0v) is 19.1. The Morgan fingerprint density at radius 1 is 1.23 bits per heavy atom. The van der Waals surface area contributed by atoms with Gasteiger partial charge in [-0.25, -0.2) is 4.98 Å². The molecule has 0 aliphatic carbocycles. The lowest BCUT2D eigenvalue weighted by Crippen LogP contribution is -2.38. The predicted octanol–water partition coefficient (Wildman–Crippen LogP) is 5.01. The second-order valence-corrected chi connectivity index (χ2v) is 9.48. The fraction of sp³-hybridized carbons (Fsp3) is 0.348. The molecule has 30 heavy (non-hydrogen) atoms. The highest BCUT2D eigenvalue weighted by molar-refractivity contribution is 7.14. The molecule has 1 aliphatic heterocycles. The fourth-order valence-corrected chi connectivity index (χ4v) is 5.13. The van der Waals surface area contributed by atoms with E-state index in [-0.39, 0.29) is 17.7 Å². The summed E-state index contributed by atoms with van der Waals surface area (Å²) < 4.78 is 0. The normalized spacial score (nSPS) is 13.4. The number of anilines is 2. The molecule has 0 unspecified atom stereocenters. The monoisotopic (exact) mass is 439 g/mol. The topological polar surface area (TPSA) is 53.5 Å². The van der Waals surface area contributed by atoms with Gasteiger partial charge in [0.25, 0.3) is 0 Å². The first kappa shape index (κ1) is 20.8. The summed E-state index contributed by atoms with van der Waals surface area (Å²) in [4.78, 5) is 33.4. The molecule has 0 atom stereocenters. The van der Waals surface area contributed by atoms with Crippen LogP contribution in [0.15, 0.2) is 40.4 Å². The number of aryl methyl sites for hydroxylation is 1. The number of carbonyl (C=O) groups is 2. The molecule has 1 aromatic carbocycles. The molecule has 2 aromatic heterocycles. The molecular weight excluding hydrogens is 414 g/mol. The Morgan fingerprint density at radius 3 is 2.80 bits per heavy atom. The van der Waals surface area contributed by atoms with E-state index in [0.717, 1.165) is 41.9 Å². The highest BCUT2D eigenvalue weighted by atomic mass is 32.1. The van der Waals surface area contributed by atoms with Crippen LogP contribution in [0.2, 0.25) is 0 Å². The number of likely N-dealkylation sites (N-methyl/N-ethyl adjacent to an activating group) is 1. The molecule has 0 N–H and O–H groups in total. The van der Waals surface area contributed by atoms with Crippen LogP contribution in [0.1, 0.15) is 31.4 Å². The highest BCUT2D eigenvalue weighted by Gasteiger charge is 2.25. The summed E-state index contributed by atoms with van der Waals surface area (Å²) in [5.41, 5.74) is 5.12. The first-order chi connectivity index (χ1) is 14.4. The van der Waals surface area contributed by atoms with E-state index >= 15 is 0 Å². The van der Waals surface area contributed by atoms with Crippen LogP contribution in [0.25, 0.3) is 11.3 Å². The van der Waals surface area contributed by atoms with Gasteiger partial charge in [-0.15, -0.1) is 11.3 Å². The summed E-state index contributed by atoms with van der Waals surface area (Å²) in [5.74, 6) is 0.187. The van der Waals surface area contributed by atoms with Crippen molar-refractivity contribution in [2.24, 2.45) is 5.92 Å². The SMILES string of the molecule is CC(C)C(=O)N1CCCc2cc(-c3csc(N(C)C(=O)Cc4ccsc4)n3)ccc21. The van der Waals surface area contributed by atoms with E-state index in [4.69, 9.17) is 4.98 Å². The minimum atomic E-state index is -0.0149. The van der Waals surface area contributed by atoms with Crippen LogP contribution in [0, 0.1) is 5.92 Å². The van der Waals surface area contributed by atoms with Gasteiger partial charge in [-0.3, -0.25) is 14.5 Å². The van der Waals surface area contributed by atoms with Gasteiger partial charge in [0.2, 0.25) is 11.8 Å². The summed E-state index contributed by atoms with van der Waals surface area (Å²) in [6, 6.07) is 8.18. The number of carbonyl (C=O) groups excluding carboxylic acids is 2. The second kappa shape index (κ2) is 8.70. The van der Waals surface area contributed by atoms with E-state index in [0.29, 0.717) is 11.6 Å². The summed E-state index contributed by atoms with van der Waals surface area (Å²) >= 11 is 3.07. The van der Waals surface area contributed by atoms with Gasteiger partial charge in [0.1, 0.15) is 0 Å². The van der Waals surface area contributed by atoms with E-state index in [1.54, 1.807) is 23.3 Å². The Hall–Kier alpha value is -2.51. The van der Waals surface area contributed by atoms with Gasteiger partial charge >= 0.3 is 0 Å². The van der Waals surface area contributed by atoms with Crippen molar-refractivity contribution in [3.63, 3.8) is 0 Å². The summed E-state index contributed by atoms with van der Waals surface area (Å²) in [5, 5.41) is 6.67. The molecule has 0 spiro atoms. The van der Waals surface area contributed by atoms with Crippen molar-refractivity contribution in [3.05, 3.63) is 51.5 Å². The van der Waals surface area contributed by atoms with Crippen LogP contribution in [0.4, 0.5) is 10.8 Å². The number of aromatic nitrogens is 1. The Kier molecular flexibility index (Phi) is 6.01. The number of hydrogen-bond donors (Lipinski definition) is 0. The van der Waals surface area contributed by atoms with Crippen molar-refractivity contribution < 1.29 is 9.59 Å². The van der Waals surface area contributed by atoms with Crippen molar-refractivity contribution in [3.8, 4) is 11.3 Å². The van der Waals surface area contributed by atoms with E-state index in [2.05, 4.69) is 6.07 Å². The third-order valence-electron chi connectivity index (χ3n) is 5.34. The average molecular weight is 440 g/mol. The van der Waals surface area contributed by atoms with Crippen molar-refractivity contribution in [2.45, 2.75) is 33.1 Å². The van der Waals surface area contributed by atoms with Crippen molar-refractivity contribution in [1.29, 1.82) is 0 Å². The van der Waals surface area contributed by atoms with E-state index in [1.165, 1.54) is 16.9 Å². The zero-order valence-electron chi connectivity index (χ0n) is 17.4. The zero-order chi connectivity index (χ0) is 21.3. The molecule has 3 heterocycles. The summed E-state index contributed by atoms with van der Waals surface area (Å²) in [7, 11) is 1.78. The molecule has 0 fully saturated rings. The lowest BCUT2D eigenvalue weighted by Gasteiger charge is -2.31. The Bertz CT molecular complexity index is 1060. The minimum absolute atomic E-state index is 0.0149. The molecule has 0 saturated carbocycles. The number of fused-ring (bicyclic) bond motifs is 1. The predicted molar refractivity (Wildman–Crippen MR) is 124 cm³/mol. The number of amides is 2. The first-order valence-electron chi connectivity index (χ1n) is 10.1. The van der Waals surface area contributed by atoms with Crippen LogP contribution in [-0.4, -0.2) is 30.4 Å². The van der Waals surface area contributed by atoms with Gasteiger partial charge in [0.05, 0.1) is 12.1 Å². The summed E-state index contributed by atoms with van der Waals surface area (Å²) in [6.45, 7) is 4.66. The van der Waals surface area contributed by atoms with Gasteiger partial charge in [0.15, 0.2) is 5.13 Å². The molecule has 3 aromatic rings. The molecular formula is C23H25N3O2S2. The second-order valence-electron chi connectivity index (χ2n) is 7.87. The Labute approximate surface area is 185 Å². The van der Waals surface area contributed by atoms with Gasteiger partial charge < -0.3 is 4.90 Å². The molecule has 5 nitrogen and oxygen atoms in total. The largest absolute Gasteiger partial charge is 0.312 e. The van der Waals surface area contributed by atoms with Gasteiger partial charge in [0, 0.05) is 36.1 Å². The molecule has 156 valence electrons. The molecule has 1 aliphatic rings. The van der Waals surface area contributed by atoms with Crippen LogP contribution < -0.4 is 9.80 Å². The standard InChI is InChI=1S/C23H25N3O2S2/c1-15(2)22(28)26-9-4-5-18-12-17(6-7-20(18)26)19-14-30-23(24-19)25(3)21(27)11-16-8-10-29-13-16/h6-8,10,12-15H,4-5,9,11H2,1-3H3. The number of benzene rings is 1. The first-order valence-corrected chi connectivity index (χ1v) is 11.9. The van der Waals surface area contributed by atoms with Crippen LogP contribution >= 0.6 is 22.7 Å². The number of thiophene rings is 1. The molecule has 0 radical (unpaired) electrons.